The van der Waals surface area contributed by atoms with E-state index in [4.69, 9.17) is 0 Å². The van der Waals surface area contributed by atoms with E-state index in [0.29, 0.717) is 16.7 Å². The number of hydrogen-bond acceptors (Lipinski definition) is 4. The van der Waals surface area contributed by atoms with Crippen molar-refractivity contribution in [3.05, 3.63) is 34.9 Å². The summed E-state index contributed by atoms with van der Waals surface area (Å²) in [5.41, 5.74) is 1.40. The smallest absolute Gasteiger partial charge is 0.262 e. The van der Waals surface area contributed by atoms with Crippen molar-refractivity contribution in [3.8, 4) is 0 Å². The summed E-state index contributed by atoms with van der Waals surface area (Å²) < 4.78 is 0. The van der Waals surface area contributed by atoms with Gasteiger partial charge in [-0.15, -0.1) is 0 Å². The zero-order chi connectivity index (χ0) is 15.7. The minimum atomic E-state index is -0.874. The topological polar surface area (TPSA) is 71.5 Å². The summed E-state index contributed by atoms with van der Waals surface area (Å²) in [5.74, 6) is -1.27. The van der Waals surface area contributed by atoms with E-state index in [1.165, 1.54) is 13.8 Å². The number of imide groups is 1. The number of amides is 2. The maximum atomic E-state index is 12.5. The highest BCUT2D eigenvalue weighted by Crippen LogP contribution is 2.28. The predicted octanol–water partition coefficient (Wildman–Crippen LogP) is 1.92. The Balaban J connectivity index is 2.38. The first-order valence-corrected chi connectivity index (χ1v) is 6.82. The first kappa shape index (κ1) is 15.1. The van der Waals surface area contributed by atoms with E-state index in [1.807, 2.05) is 0 Å². The van der Waals surface area contributed by atoms with E-state index < -0.39 is 17.9 Å². The Bertz CT molecular complexity index is 648. The van der Waals surface area contributed by atoms with Crippen molar-refractivity contribution < 1.29 is 19.2 Å². The number of carbonyl (C=O) groups excluding carboxylic acids is 4. The Morgan fingerprint density at radius 3 is 2.33 bits per heavy atom. The molecule has 110 valence electrons. The molecule has 2 rings (SSSR count). The van der Waals surface area contributed by atoms with Crippen molar-refractivity contribution in [2.24, 2.45) is 0 Å². The fourth-order valence-corrected chi connectivity index (χ4v) is 2.61. The molecule has 21 heavy (non-hydrogen) atoms. The van der Waals surface area contributed by atoms with Crippen LogP contribution in [-0.4, -0.2) is 34.3 Å². The molecule has 0 spiro atoms. The van der Waals surface area contributed by atoms with Crippen LogP contribution < -0.4 is 0 Å². The van der Waals surface area contributed by atoms with Crippen LogP contribution in [0.2, 0.25) is 0 Å². The molecule has 1 unspecified atom stereocenters. The highest BCUT2D eigenvalue weighted by Gasteiger charge is 2.42. The van der Waals surface area contributed by atoms with Gasteiger partial charge in [0.05, 0.1) is 17.2 Å². The molecule has 5 nitrogen and oxygen atoms in total. The summed E-state index contributed by atoms with van der Waals surface area (Å²) in [6.07, 6.45) is 0.339. The normalized spacial score (nSPS) is 15.1. The molecule has 0 saturated heterocycles. The van der Waals surface area contributed by atoms with Crippen molar-refractivity contribution in [2.75, 3.05) is 0 Å². The second-order valence-corrected chi connectivity index (χ2v) is 5.34. The molecule has 0 N–H and O–H groups in total. The number of nitrogens with zero attached hydrogens (tertiary/aromatic N) is 1. The Labute approximate surface area is 122 Å². The summed E-state index contributed by atoms with van der Waals surface area (Å²) in [6.45, 7) is 4.51. The number of carbonyl (C=O) groups is 4. The van der Waals surface area contributed by atoms with E-state index >= 15 is 0 Å². The van der Waals surface area contributed by atoms with Crippen LogP contribution in [0, 0.1) is 6.92 Å². The molecular formula is C16H17NO4. The quantitative estimate of drug-likeness (QED) is 0.776. The molecule has 1 aliphatic rings. The largest absolute Gasteiger partial charge is 0.300 e. The average Bonchev–Trinajstić information content (AvgIpc) is 2.64. The molecule has 0 saturated carbocycles. The van der Waals surface area contributed by atoms with Gasteiger partial charge in [-0.2, -0.15) is 0 Å². The number of Topliss-reactive ketones (excluding diaryl/α,β-unsaturated/α-hetero) is 2. The molecule has 0 aliphatic carbocycles. The van der Waals surface area contributed by atoms with Crippen LogP contribution in [0.5, 0.6) is 0 Å². The predicted molar refractivity (Wildman–Crippen MR) is 76.1 cm³/mol. The molecule has 0 bridgehead atoms. The van der Waals surface area contributed by atoms with Gasteiger partial charge in [-0.3, -0.25) is 19.3 Å². The monoisotopic (exact) mass is 287 g/mol. The van der Waals surface area contributed by atoms with Crippen molar-refractivity contribution in [1.29, 1.82) is 0 Å². The van der Waals surface area contributed by atoms with E-state index in [1.54, 1.807) is 25.1 Å². The van der Waals surface area contributed by atoms with E-state index in [9.17, 15) is 19.2 Å². The summed E-state index contributed by atoms with van der Waals surface area (Å²) in [6, 6.07) is 4.18. The lowest BCUT2D eigenvalue weighted by atomic mass is 10.0. The van der Waals surface area contributed by atoms with Crippen LogP contribution in [0.25, 0.3) is 0 Å². The SMILES string of the molecule is CC(=O)CCC(C(C)=O)N1C(=O)c2cccc(C)c2C1=O. The molecule has 1 atom stereocenters. The second-order valence-electron chi connectivity index (χ2n) is 5.34. The van der Waals surface area contributed by atoms with Crippen LogP contribution in [-0.2, 0) is 9.59 Å². The Hall–Kier alpha value is -2.30. The minimum Gasteiger partial charge on any atom is -0.300 e. The third-order valence-corrected chi connectivity index (χ3v) is 3.71. The molecular weight excluding hydrogens is 270 g/mol. The molecule has 5 heteroatoms. The summed E-state index contributed by atoms with van der Waals surface area (Å²) in [4.78, 5) is 48.8. The van der Waals surface area contributed by atoms with Crippen molar-refractivity contribution >= 4 is 23.4 Å². The average molecular weight is 287 g/mol. The van der Waals surface area contributed by atoms with Gasteiger partial charge in [0.15, 0.2) is 5.78 Å². The lowest BCUT2D eigenvalue weighted by Crippen LogP contribution is -2.44. The maximum absolute atomic E-state index is 12.5. The molecule has 1 aromatic carbocycles. The molecule has 1 aromatic rings. The van der Waals surface area contributed by atoms with Crippen LogP contribution >= 0.6 is 0 Å². The fourth-order valence-electron chi connectivity index (χ4n) is 2.61. The molecule has 0 aromatic heterocycles. The minimum absolute atomic E-state index is 0.0750. The first-order chi connectivity index (χ1) is 9.84. The van der Waals surface area contributed by atoms with Crippen LogP contribution in [0.3, 0.4) is 0 Å². The van der Waals surface area contributed by atoms with Gasteiger partial charge in [0.1, 0.15) is 5.78 Å². The van der Waals surface area contributed by atoms with Gasteiger partial charge in [0.25, 0.3) is 11.8 Å². The Kier molecular flexibility index (Phi) is 4.02. The molecule has 2 amide bonds. The highest BCUT2D eigenvalue weighted by molar-refractivity contribution is 6.23. The molecule has 0 fully saturated rings. The lowest BCUT2D eigenvalue weighted by Gasteiger charge is -2.23. The van der Waals surface area contributed by atoms with Gasteiger partial charge >= 0.3 is 0 Å². The molecule has 1 aliphatic heterocycles. The zero-order valence-corrected chi connectivity index (χ0v) is 12.3. The van der Waals surface area contributed by atoms with Crippen molar-refractivity contribution in [2.45, 2.75) is 39.7 Å². The third-order valence-electron chi connectivity index (χ3n) is 3.71. The van der Waals surface area contributed by atoms with Crippen molar-refractivity contribution in [1.82, 2.24) is 4.90 Å². The van der Waals surface area contributed by atoms with E-state index in [-0.39, 0.29) is 24.4 Å². The summed E-state index contributed by atoms with van der Waals surface area (Å²) in [7, 11) is 0. The van der Waals surface area contributed by atoms with Crippen LogP contribution in [0.15, 0.2) is 18.2 Å². The first-order valence-electron chi connectivity index (χ1n) is 6.82. The maximum Gasteiger partial charge on any atom is 0.262 e. The summed E-state index contributed by atoms with van der Waals surface area (Å²) >= 11 is 0. The van der Waals surface area contributed by atoms with Crippen molar-refractivity contribution in [3.63, 3.8) is 0 Å². The number of hydrogen-bond donors (Lipinski definition) is 0. The number of rotatable bonds is 5. The summed E-state index contributed by atoms with van der Waals surface area (Å²) in [5, 5.41) is 0. The van der Waals surface area contributed by atoms with Gasteiger partial charge in [0.2, 0.25) is 0 Å². The van der Waals surface area contributed by atoms with Gasteiger partial charge in [-0.25, -0.2) is 0 Å². The third kappa shape index (κ3) is 2.63. The van der Waals surface area contributed by atoms with Gasteiger partial charge in [-0.1, -0.05) is 12.1 Å². The van der Waals surface area contributed by atoms with E-state index in [0.717, 1.165) is 4.90 Å². The van der Waals surface area contributed by atoms with Crippen LogP contribution in [0.4, 0.5) is 0 Å². The molecule has 1 heterocycles. The number of fused-ring (bicyclic) bond motifs is 1. The highest BCUT2D eigenvalue weighted by atomic mass is 16.2. The molecule has 0 radical (unpaired) electrons. The number of aryl methyl sites for hydroxylation is 1. The van der Waals surface area contributed by atoms with E-state index in [2.05, 4.69) is 0 Å². The van der Waals surface area contributed by atoms with Gasteiger partial charge in [0, 0.05) is 6.42 Å². The Morgan fingerprint density at radius 1 is 1.14 bits per heavy atom. The Morgan fingerprint density at radius 2 is 1.81 bits per heavy atom. The second kappa shape index (κ2) is 5.60. The van der Waals surface area contributed by atoms with Crippen LogP contribution in [0.1, 0.15) is 53.0 Å². The standard InChI is InChI=1S/C16H17NO4/c1-9-5-4-6-12-14(9)16(21)17(15(12)20)13(11(3)19)8-7-10(2)18/h4-6,13H,7-8H2,1-3H3. The van der Waals surface area contributed by atoms with Gasteiger partial charge < -0.3 is 4.79 Å². The lowest BCUT2D eigenvalue weighted by molar-refractivity contribution is -0.121. The number of ketones is 2. The number of benzene rings is 1. The zero-order valence-electron chi connectivity index (χ0n) is 12.3. The fraction of sp³-hybridized carbons (Fsp3) is 0.375. The van der Waals surface area contributed by atoms with Gasteiger partial charge in [-0.05, 0) is 38.8 Å².